The summed E-state index contributed by atoms with van der Waals surface area (Å²) in [6, 6.07) is 10.1. The summed E-state index contributed by atoms with van der Waals surface area (Å²) in [4.78, 5) is 30.6. The number of hydrogen-bond donors (Lipinski definition) is 2. The van der Waals surface area contributed by atoms with Crippen molar-refractivity contribution in [1.82, 2.24) is 24.5 Å². The van der Waals surface area contributed by atoms with Gasteiger partial charge in [-0.15, -0.1) is 0 Å². The second-order valence-corrected chi connectivity index (χ2v) is 7.22. The fraction of sp³-hybridized carbons (Fsp3) is 0.143. The summed E-state index contributed by atoms with van der Waals surface area (Å²) in [5.74, 6) is 1.14. The standard InChI is InChI=1S/C21H17ClN8O/c1-11(26-19-14(9-23)18(24)27-12(2)28-19)20-29-16-7-3-6-15(22)17(16)21(31)30(20)13-5-4-8-25-10-13/h3-8,10-11H,1-2H3,(H3,24,26,27,28). The summed E-state index contributed by atoms with van der Waals surface area (Å²) < 4.78 is 1.45. The number of anilines is 2. The Morgan fingerprint density at radius 2 is 2.03 bits per heavy atom. The first-order chi connectivity index (χ1) is 14.9. The lowest BCUT2D eigenvalue weighted by molar-refractivity contribution is 0.728. The van der Waals surface area contributed by atoms with Crippen molar-refractivity contribution >= 4 is 34.1 Å². The second kappa shape index (κ2) is 8.01. The molecule has 1 aromatic carbocycles. The SMILES string of the molecule is Cc1nc(N)c(C#N)c(NC(C)c2nc3cccc(Cl)c3c(=O)n2-c2cccnc2)n1. The monoisotopic (exact) mass is 432 g/mol. The van der Waals surface area contributed by atoms with Crippen molar-refractivity contribution in [2.24, 2.45) is 0 Å². The third-order valence-corrected chi connectivity index (χ3v) is 4.99. The molecule has 3 N–H and O–H groups in total. The molecule has 10 heteroatoms. The van der Waals surface area contributed by atoms with Gasteiger partial charge in [0.15, 0.2) is 5.82 Å². The van der Waals surface area contributed by atoms with Crippen LogP contribution in [-0.2, 0) is 0 Å². The highest BCUT2D eigenvalue weighted by atomic mass is 35.5. The number of halogens is 1. The van der Waals surface area contributed by atoms with Gasteiger partial charge in [-0.3, -0.25) is 14.3 Å². The van der Waals surface area contributed by atoms with Crippen LogP contribution in [0, 0.1) is 18.3 Å². The molecule has 1 atom stereocenters. The number of nitrogen functional groups attached to an aromatic ring is 1. The first-order valence-electron chi connectivity index (χ1n) is 9.33. The van der Waals surface area contributed by atoms with E-state index < -0.39 is 6.04 Å². The van der Waals surface area contributed by atoms with Gasteiger partial charge in [0.1, 0.15) is 29.1 Å². The molecule has 0 saturated carbocycles. The smallest absolute Gasteiger partial charge is 0.267 e. The lowest BCUT2D eigenvalue weighted by Gasteiger charge is -2.21. The van der Waals surface area contributed by atoms with E-state index in [4.69, 9.17) is 22.3 Å². The summed E-state index contributed by atoms with van der Waals surface area (Å²) in [5, 5.41) is 13.2. The van der Waals surface area contributed by atoms with E-state index in [0.29, 0.717) is 33.3 Å². The number of benzene rings is 1. The summed E-state index contributed by atoms with van der Waals surface area (Å²) in [6.07, 6.45) is 3.18. The van der Waals surface area contributed by atoms with Crippen molar-refractivity contribution in [1.29, 1.82) is 5.26 Å². The number of aromatic nitrogens is 5. The van der Waals surface area contributed by atoms with Crippen molar-refractivity contribution in [3.63, 3.8) is 0 Å². The van der Waals surface area contributed by atoms with Gasteiger partial charge in [-0.1, -0.05) is 17.7 Å². The molecular weight excluding hydrogens is 416 g/mol. The minimum absolute atomic E-state index is 0.0765. The quantitative estimate of drug-likeness (QED) is 0.501. The van der Waals surface area contributed by atoms with Crippen LogP contribution in [0.2, 0.25) is 5.02 Å². The Kier molecular flexibility index (Phi) is 5.23. The maximum absolute atomic E-state index is 13.4. The Bertz CT molecular complexity index is 1390. The number of nitrogens with two attached hydrogens (primary N) is 1. The number of aryl methyl sites for hydroxylation is 1. The minimum atomic E-state index is -0.530. The fourth-order valence-electron chi connectivity index (χ4n) is 3.31. The number of nitriles is 1. The third kappa shape index (κ3) is 3.65. The summed E-state index contributed by atoms with van der Waals surface area (Å²) in [5.41, 5.74) is 6.66. The van der Waals surface area contributed by atoms with Crippen molar-refractivity contribution in [3.05, 3.63) is 75.3 Å². The molecule has 0 amide bonds. The molecule has 0 aliphatic carbocycles. The second-order valence-electron chi connectivity index (χ2n) is 6.81. The van der Waals surface area contributed by atoms with Crippen LogP contribution in [-0.4, -0.2) is 24.5 Å². The lowest BCUT2D eigenvalue weighted by Crippen LogP contribution is -2.28. The highest BCUT2D eigenvalue weighted by Crippen LogP contribution is 2.26. The highest BCUT2D eigenvalue weighted by Gasteiger charge is 2.21. The molecule has 0 spiro atoms. The Morgan fingerprint density at radius 3 is 2.74 bits per heavy atom. The summed E-state index contributed by atoms with van der Waals surface area (Å²) in [7, 11) is 0. The minimum Gasteiger partial charge on any atom is -0.382 e. The van der Waals surface area contributed by atoms with Gasteiger partial charge in [0, 0.05) is 6.20 Å². The van der Waals surface area contributed by atoms with Crippen LogP contribution >= 0.6 is 11.6 Å². The Hall–Kier alpha value is -4.03. The van der Waals surface area contributed by atoms with E-state index in [1.165, 1.54) is 4.57 Å². The first kappa shape index (κ1) is 20.3. The van der Waals surface area contributed by atoms with Crippen molar-refractivity contribution in [2.45, 2.75) is 19.9 Å². The molecule has 0 aliphatic rings. The van der Waals surface area contributed by atoms with Crippen LogP contribution in [0.5, 0.6) is 0 Å². The van der Waals surface area contributed by atoms with Gasteiger partial charge in [0.05, 0.1) is 33.9 Å². The Balaban J connectivity index is 1.94. The number of nitrogens with one attached hydrogen (secondary N) is 1. The van der Waals surface area contributed by atoms with E-state index in [2.05, 4.69) is 20.3 Å². The average molecular weight is 433 g/mol. The molecule has 3 aromatic heterocycles. The molecule has 3 heterocycles. The van der Waals surface area contributed by atoms with Gasteiger partial charge in [-0.25, -0.2) is 15.0 Å². The van der Waals surface area contributed by atoms with Crippen molar-refractivity contribution in [2.75, 3.05) is 11.1 Å². The molecule has 0 radical (unpaired) electrons. The highest BCUT2D eigenvalue weighted by molar-refractivity contribution is 6.35. The first-order valence-corrected chi connectivity index (χ1v) is 9.70. The number of hydrogen-bond acceptors (Lipinski definition) is 8. The molecule has 0 saturated heterocycles. The van der Waals surface area contributed by atoms with Crippen molar-refractivity contribution < 1.29 is 0 Å². The van der Waals surface area contributed by atoms with Gasteiger partial charge >= 0.3 is 0 Å². The molecule has 4 rings (SSSR count). The molecule has 4 aromatic rings. The number of fused-ring (bicyclic) bond motifs is 1. The maximum atomic E-state index is 13.4. The number of rotatable bonds is 4. The Morgan fingerprint density at radius 1 is 1.23 bits per heavy atom. The molecular formula is C21H17ClN8O. The van der Waals surface area contributed by atoms with E-state index in [0.717, 1.165) is 0 Å². The Labute approximate surface area is 182 Å². The fourth-order valence-corrected chi connectivity index (χ4v) is 3.56. The van der Waals surface area contributed by atoms with Crippen LogP contribution in [0.25, 0.3) is 16.6 Å². The predicted octanol–water partition coefficient (Wildman–Crippen LogP) is 3.16. The maximum Gasteiger partial charge on any atom is 0.267 e. The largest absolute Gasteiger partial charge is 0.382 e. The third-order valence-electron chi connectivity index (χ3n) is 4.68. The van der Waals surface area contributed by atoms with Gasteiger partial charge in [0.25, 0.3) is 5.56 Å². The van der Waals surface area contributed by atoms with Crippen LogP contribution < -0.4 is 16.6 Å². The summed E-state index contributed by atoms with van der Waals surface area (Å²) >= 11 is 6.31. The van der Waals surface area contributed by atoms with E-state index in [9.17, 15) is 10.1 Å². The average Bonchev–Trinajstić information content (AvgIpc) is 2.74. The van der Waals surface area contributed by atoms with Gasteiger partial charge in [-0.2, -0.15) is 5.26 Å². The lowest BCUT2D eigenvalue weighted by atomic mass is 10.2. The van der Waals surface area contributed by atoms with Gasteiger partial charge < -0.3 is 11.1 Å². The van der Waals surface area contributed by atoms with E-state index in [-0.39, 0.29) is 22.8 Å². The molecule has 0 bridgehead atoms. The van der Waals surface area contributed by atoms with Crippen molar-refractivity contribution in [3.8, 4) is 11.8 Å². The number of pyridine rings is 1. The van der Waals surface area contributed by atoms with E-state index in [1.54, 1.807) is 56.6 Å². The zero-order chi connectivity index (χ0) is 22.1. The van der Waals surface area contributed by atoms with Crippen LogP contribution in [0.3, 0.4) is 0 Å². The molecule has 1 unspecified atom stereocenters. The molecule has 9 nitrogen and oxygen atoms in total. The summed E-state index contributed by atoms with van der Waals surface area (Å²) in [6.45, 7) is 3.48. The van der Waals surface area contributed by atoms with Gasteiger partial charge in [0.2, 0.25) is 0 Å². The van der Waals surface area contributed by atoms with Crippen LogP contribution in [0.1, 0.15) is 30.2 Å². The topological polar surface area (TPSA) is 135 Å². The zero-order valence-corrected chi connectivity index (χ0v) is 17.4. The van der Waals surface area contributed by atoms with Crippen LogP contribution in [0.4, 0.5) is 11.6 Å². The molecule has 31 heavy (non-hydrogen) atoms. The molecule has 0 aliphatic heterocycles. The zero-order valence-electron chi connectivity index (χ0n) is 16.7. The normalized spacial score (nSPS) is 11.8. The predicted molar refractivity (Wildman–Crippen MR) is 118 cm³/mol. The van der Waals surface area contributed by atoms with E-state index in [1.807, 2.05) is 6.07 Å². The molecule has 154 valence electrons. The molecule has 0 fully saturated rings. The van der Waals surface area contributed by atoms with Crippen LogP contribution in [0.15, 0.2) is 47.5 Å². The number of nitrogens with zero attached hydrogens (tertiary/aromatic N) is 6. The van der Waals surface area contributed by atoms with E-state index >= 15 is 0 Å². The van der Waals surface area contributed by atoms with Gasteiger partial charge in [-0.05, 0) is 38.1 Å².